The van der Waals surface area contributed by atoms with E-state index in [-0.39, 0.29) is 41.5 Å². The highest BCUT2D eigenvalue weighted by atomic mass is 16.5. The van der Waals surface area contributed by atoms with Gasteiger partial charge in [-0.1, -0.05) is 24.3 Å². The maximum absolute atomic E-state index is 13.2. The van der Waals surface area contributed by atoms with E-state index in [0.29, 0.717) is 17.0 Å². The fourth-order valence-electron chi connectivity index (χ4n) is 4.02. The number of ether oxygens (including phenoxy) is 2. The van der Waals surface area contributed by atoms with Crippen molar-refractivity contribution in [2.75, 3.05) is 19.0 Å². The third-order valence-corrected chi connectivity index (χ3v) is 6.16. The number of nitrogens with one attached hydrogen (secondary N) is 1. The fourth-order valence-corrected chi connectivity index (χ4v) is 4.02. The second-order valence-corrected chi connectivity index (χ2v) is 9.29. The Labute approximate surface area is 241 Å². The molecule has 42 heavy (non-hydrogen) atoms. The van der Waals surface area contributed by atoms with Gasteiger partial charge in [0, 0.05) is 17.8 Å². The summed E-state index contributed by atoms with van der Waals surface area (Å²) in [5.74, 6) is -1.53. The number of carbonyl (C=O) groups excluding carboxylic acids is 3. The lowest BCUT2D eigenvalue weighted by atomic mass is 10.1. The van der Waals surface area contributed by atoms with E-state index in [1.807, 2.05) is 0 Å². The van der Waals surface area contributed by atoms with E-state index in [1.165, 1.54) is 41.3 Å². The summed E-state index contributed by atoms with van der Waals surface area (Å²) in [7, 11) is 1.57. The number of carboxylic acids is 1. The first kappa shape index (κ1) is 29.3. The molecule has 10 nitrogen and oxygen atoms in total. The van der Waals surface area contributed by atoms with E-state index in [0.717, 1.165) is 5.56 Å². The summed E-state index contributed by atoms with van der Waals surface area (Å²) in [6.45, 7) is -0.533. The second-order valence-electron chi connectivity index (χ2n) is 9.29. The number of carbonyl (C=O) groups is 4. The first-order valence-corrected chi connectivity index (χ1v) is 12.8. The highest BCUT2D eigenvalue weighted by Crippen LogP contribution is 2.19. The highest BCUT2D eigenvalue weighted by Gasteiger charge is 2.19. The number of nitrogens with zero attached hydrogens (tertiary/aromatic N) is 1. The minimum Gasteiger partial charge on any atom is -0.508 e. The molecule has 0 atom stereocenters. The van der Waals surface area contributed by atoms with Crippen LogP contribution in [0.15, 0.2) is 97.1 Å². The molecule has 0 aliphatic rings. The van der Waals surface area contributed by atoms with Gasteiger partial charge in [0.1, 0.15) is 23.8 Å². The van der Waals surface area contributed by atoms with Crippen molar-refractivity contribution < 1.29 is 38.9 Å². The zero-order valence-electron chi connectivity index (χ0n) is 22.7. The van der Waals surface area contributed by atoms with Crippen molar-refractivity contribution in [3.8, 4) is 17.2 Å². The van der Waals surface area contributed by atoms with Gasteiger partial charge in [-0.05, 0) is 83.9 Å². The van der Waals surface area contributed by atoms with E-state index < -0.39 is 24.4 Å². The van der Waals surface area contributed by atoms with Gasteiger partial charge in [0.2, 0.25) is 5.91 Å². The average molecular weight is 569 g/mol. The van der Waals surface area contributed by atoms with Crippen LogP contribution in [-0.4, -0.2) is 52.5 Å². The predicted molar refractivity (Wildman–Crippen MR) is 154 cm³/mol. The lowest BCUT2D eigenvalue weighted by Gasteiger charge is -2.21. The van der Waals surface area contributed by atoms with Crippen molar-refractivity contribution in [3.05, 3.63) is 119 Å². The molecule has 2 amide bonds. The van der Waals surface area contributed by atoms with Gasteiger partial charge in [0.25, 0.3) is 5.91 Å². The standard InChI is InChI=1S/C32H28N2O8/c1-41-27-14-2-21(3-15-27)18-29(36)33-25-10-6-23(7-11-25)31(39)34(20-30(37)38)19-22-4-16-28(17-5-22)42-32(40)24-8-12-26(35)13-9-24/h2-17,35H,18-20H2,1H3,(H,33,36)(H,37,38). The van der Waals surface area contributed by atoms with E-state index in [4.69, 9.17) is 9.47 Å². The van der Waals surface area contributed by atoms with Crippen LogP contribution < -0.4 is 14.8 Å². The summed E-state index contributed by atoms with van der Waals surface area (Å²) in [5, 5.41) is 21.5. The molecule has 0 aromatic heterocycles. The van der Waals surface area contributed by atoms with Gasteiger partial charge in [0.05, 0.1) is 19.1 Å². The maximum Gasteiger partial charge on any atom is 0.343 e. The summed E-state index contributed by atoms with van der Waals surface area (Å²) in [6, 6.07) is 25.3. The summed E-state index contributed by atoms with van der Waals surface area (Å²) < 4.78 is 10.5. The zero-order chi connectivity index (χ0) is 30.1. The topological polar surface area (TPSA) is 142 Å². The molecule has 0 unspecified atom stereocenters. The molecule has 4 aromatic carbocycles. The molecule has 4 rings (SSSR count). The van der Waals surface area contributed by atoms with Crippen molar-refractivity contribution >= 4 is 29.4 Å². The monoisotopic (exact) mass is 568 g/mol. The number of aliphatic carboxylic acids is 1. The molecular formula is C32H28N2O8. The van der Waals surface area contributed by atoms with E-state index in [9.17, 15) is 29.4 Å². The van der Waals surface area contributed by atoms with Crippen LogP contribution in [0.2, 0.25) is 0 Å². The van der Waals surface area contributed by atoms with Crippen molar-refractivity contribution in [2.24, 2.45) is 0 Å². The molecular weight excluding hydrogens is 540 g/mol. The third-order valence-electron chi connectivity index (χ3n) is 6.16. The van der Waals surface area contributed by atoms with Crippen LogP contribution in [0, 0.1) is 0 Å². The summed E-state index contributed by atoms with van der Waals surface area (Å²) in [4.78, 5) is 50.6. The van der Waals surface area contributed by atoms with Crippen molar-refractivity contribution in [1.82, 2.24) is 4.90 Å². The molecule has 0 aliphatic heterocycles. The molecule has 4 aromatic rings. The number of hydrogen-bond acceptors (Lipinski definition) is 7. The molecule has 0 radical (unpaired) electrons. The molecule has 0 bridgehead atoms. The Kier molecular flexibility index (Phi) is 9.52. The number of anilines is 1. The Morgan fingerprint density at radius 2 is 1.31 bits per heavy atom. The number of methoxy groups -OCH3 is 1. The summed E-state index contributed by atoms with van der Waals surface area (Å²) in [5.41, 5.74) is 2.44. The van der Waals surface area contributed by atoms with Crippen molar-refractivity contribution in [1.29, 1.82) is 0 Å². The number of aromatic hydroxyl groups is 1. The third kappa shape index (κ3) is 8.18. The number of esters is 1. The van der Waals surface area contributed by atoms with Crippen LogP contribution in [0.3, 0.4) is 0 Å². The molecule has 3 N–H and O–H groups in total. The Morgan fingerprint density at radius 1 is 0.738 bits per heavy atom. The number of rotatable bonds is 11. The highest BCUT2D eigenvalue weighted by molar-refractivity contribution is 5.97. The van der Waals surface area contributed by atoms with Gasteiger partial charge in [0.15, 0.2) is 0 Å². The van der Waals surface area contributed by atoms with Gasteiger partial charge in [-0.2, -0.15) is 0 Å². The smallest absolute Gasteiger partial charge is 0.343 e. The Balaban J connectivity index is 1.36. The van der Waals surface area contributed by atoms with Crippen LogP contribution in [0.5, 0.6) is 17.2 Å². The molecule has 10 heteroatoms. The SMILES string of the molecule is COc1ccc(CC(=O)Nc2ccc(C(=O)N(CC(=O)O)Cc3ccc(OC(=O)c4ccc(O)cc4)cc3)cc2)cc1. The minimum absolute atomic E-state index is 0.00231. The fraction of sp³-hybridized carbons (Fsp3) is 0.125. The molecule has 214 valence electrons. The number of amides is 2. The summed E-state index contributed by atoms with van der Waals surface area (Å²) in [6.07, 6.45) is 0.159. The van der Waals surface area contributed by atoms with Crippen LogP contribution in [0.4, 0.5) is 5.69 Å². The molecule has 0 spiro atoms. The van der Waals surface area contributed by atoms with Gasteiger partial charge < -0.3 is 29.9 Å². The van der Waals surface area contributed by atoms with E-state index in [2.05, 4.69) is 5.32 Å². The molecule has 0 fully saturated rings. The first-order valence-electron chi connectivity index (χ1n) is 12.8. The summed E-state index contributed by atoms with van der Waals surface area (Å²) >= 11 is 0. The number of carboxylic acid groups (broad SMARTS) is 1. The lowest BCUT2D eigenvalue weighted by Crippen LogP contribution is -2.35. The minimum atomic E-state index is -1.18. The van der Waals surface area contributed by atoms with Gasteiger partial charge >= 0.3 is 11.9 Å². The van der Waals surface area contributed by atoms with Crippen molar-refractivity contribution in [2.45, 2.75) is 13.0 Å². The quantitative estimate of drug-likeness (QED) is 0.177. The zero-order valence-corrected chi connectivity index (χ0v) is 22.7. The molecule has 0 aliphatic carbocycles. The number of phenolic OH excluding ortho intramolecular Hbond substituents is 1. The Bertz CT molecular complexity index is 1550. The normalized spacial score (nSPS) is 10.4. The maximum atomic E-state index is 13.2. The van der Waals surface area contributed by atoms with Crippen molar-refractivity contribution in [3.63, 3.8) is 0 Å². The molecule has 0 saturated carbocycles. The van der Waals surface area contributed by atoms with Gasteiger partial charge in [-0.15, -0.1) is 0 Å². The van der Waals surface area contributed by atoms with E-state index >= 15 is 0 Å². The average Bonchev–Trinajstić information content (AvgIpc) is 2.98. The molecule has 0 heterocycles. The van der Waals surface area contributed by atoms with Crippen LogP contribution in [-0.2, 0) is 22.6 Å². The second kappa shape index (κ2) is 13.6. The predicted octanol–water partition coefficient (Wildman–Crippen LogP) is 4.53. The van der Waals surface area contributed by atoms with Gasteiger partial charge in [-0.25, -0.2) is 4.79 Å². The number of hydrogen-bond donors (Lipinski definition) is 3. The molecule has 0 saturated heterocycles. The van der Waals surface area contributed by atoms with Gasteiger partial charge in [-0.3, -0.25) is 14.4 Å². The van der Waals surface area contributed by atoms with Crippen LogP contribution >= 0.6 is 0 Å². The Hall–Kier alpha value is -5.64. The number of phenols is 1. The first-order chi connectivity index (χ1) is 20.2. The van der Waals surface area contributed by atoms with Crippen LogP contribution in [0.25, 0.3) is 0 Å². The lowest BCUT2D eigenvalue weighted by molar-refractivity contribution is -0.137. The van der Waals surface area contributed by atoms with E-state index in [1.54, 1.807) is 67.8 Å². The Morgan fingerprint density at radius 3 is 1.90 bits per heavy atom. The number of benzene rings is 4. The van der Waals surface area contributed by atoms with Crippen LogP contribution in [0.1, 0.15) is 31.8 Å². The largest absolute Gasteiger partial charge is 0.508 e.